The first-order valence-corrected chi connectivity index (χ1v) is 25.7. The van der Waals surface area contributed by atoms with Crippen LogP contribution in [0.15, 0.2) is 36.4 Å². The summed E-state index contributed by atoms with van der Waals surface area (Å²) in [6, 6.07) is 9.43. The highest BCUT2D eigenvalue weighted by molar-refractivity contribution is 5.87. The molecule has 17 nitrogen and oxygen atoms in total. The molecule has 394 valence electrons. The Balaban J connectivity index is 0.934. The van der Waals surface area contributed by atoms with Crippen molar-refractivity contribution in [1.29, 1.82) is 0 Å². The normalized spacial score (nSPS) is 47.7. The number of carbonyl (C=O) groups is 2. The Labute approximate surface area is 413 Å². The summed E-state index contributed by atoms with van der Waals surface area (Å²) < 4.78 is 68.6. The molecule has 3 saturated heterocycles. The SMILES string of the molecule is CO[C@H]1[C@@H](O)[C@H](O[C@H]2[C@@H](OC)C[C@H](O[C@H]3[C@@H](OC)C[C@H](O[C@H]4CC[C@@]5(C)C(CCC6C5C(OC(C)=O)[C@@H](OC(=O)/C=C/c5ccccc5)[C@]5(C)[C@@H](C(C)O)CC[C@]65O)C4)O[C@@H]3C)O[C@@H]2C)O[C@H](C)[C@H]1O. The van der Waals surface area contributed by atoms with E-state index in [0.717, 1.165) is 18.4 Å². The first-order valence-electron chi connectivity index (χ1n) is 25.7. The zero-order valence-corrected chi connectivity index (χ0v) is 42.6. The highest BCUT2D eigenvalue weighted by atomic mass is 16.8. The van der Waals surface area contributed by atoms with Crippen LogP contribution in [0, 0.1) is 34.5 Å². The van der Waals surface area contributed by atoms with Crippen LogP contribution < -0.4 is 0 Å². The van der Waals surface area contributed by atoms with E-state index < -0.39 is 133 Å². The third-order valence-corrected chi connectivity index (χ3v) is 18.1. The van der Waals surface area contributed by atoms with E-state index in [9.17, 15) is 30.0 Å². The quantitative estimate of drug-likeness (QED) is 0.111. The van der Waals surface area contributed by atoms with Crippen molar-refractivity contribution in [3.8, 4) is 0 Å². The average Bonchev–Trinajstić information content (AvgIpc) is 3.61. The molecule has 17 heteroatoms. The van der Waals surface area contributed by atoms with Crippen molar-refractivity contribution in [2.24, 2.45) is 34.5 Å². The molecular weight excluding hydrogens is 909 g/mol. The Morgan fingerprint density at radius 2 is 1.39 bits per heavy atom. The zero-order chi connectivity index (χ0) is 50.4. The van der Waals surface area contributed by atoms with Crippen molar-refractivity contribution in [3.63, 3.8) is 0 Å². The molecule has 4 aliphatic carbocycles. The van der Waals surface area contributed by atoms with Gasteiger partial charge in [0, 0.05) is 58.5 Å². The zero-order valence-electron chi connectivity index (χ0n) is 42.6. The number of benzene rings is 1. The number of esters is 2. The molecule has 7 aliphatic rings. The molecule has 1 aromatic carbocycles. The van der Waals surface area contributed by atoms with E-state index in [1.54, 1.807) is 34.1 Å². The summed E-state index contributed by atoms with van der Waals surface area (Å²) in [5.41, 5.74) is -1.99. The molecule has 7 fully saturated rings. The molecule has 4 saturated carbocycles. The standard InChI is InChI=1S/C53H80O17/c1-27(54)35-21-23-53(59)36-18-17-33-24-34(20-22-51(33,6)42(36)47(66-31(5)55)49(52(35,53)7)68-39(56)19-16-32-14-12-11-13-15-32)67-40-25-37(60-8)45(29(3)63-40)69-41-26-38(61-9)46(30(4)64-41)70-50-44(58)48(62-10)43(57)28(2)65-50/h11-16,19,27-30,33-38,40-50,54,57-59H,17-18,20-26H2,1-10H3/b19-16+/t27?,28-,29-,30-,33?,34+,35-,36?,37+,38+,40+,41+,42?,43-,44-,45-,46-,47?,48-,49-,50+,51+,52+,53+/m1/s1. The molecule has 0 spiro atoms. The van der Waals surface area contributed by atoms with Crippen LogP contribution in [0.25, 0.3) is 6.08 Å². The van der Waals surface area contributed by atoms with Crippen LogP contribution >= 0.6 is 0 Å². The Hall–Kier alpha value is -2.62. The van der Waals surface area contributed by atoms with E-state index in [0.29, 0.717) is 44.9 Å². The minimum Gasteiger partial charge on any atom is -0.458 e. The molecule has 8 rings (SSSR count). The van der Waals surface area contributed by atoms with Gasteiger partial charge in [-0.05, 0) is 107 Å². The summed E-state index contributed by atoms with van der Waals surface area (Å²) in [4.78, 5) is 27.0. The Kier molecular flexibility index (Phi) is 16.6. The van der Waals surface area contributed by atoms with Gasteiger partial charge in [0.1, 0.15) is 42.7 Å². The van der Waals surface area contributed by atoms with E-state index >= 15 is 0 Å². The number of ether oxygens (including phenoxy) is 11. The maximum absolute atomic E-state index is 13.8. The van der Waals surface area contributed by atoms with E-state index in [1.165, 1.54) is 20.1 Å². The van der Waals surface area contributed by atoms with Crippen molar-refractivity contribution >= 4 is 18.0 Å². The first kappa shape index (κ1) is 53.7. The van der Waals surface area contributed by atoms with Crippen LogP contribution in [0.5, 0.6) is 0 Å². The summed E-state index contributed by atoms with van der Waals surface area (Å²) in [7, 11) is 4.65. The molecule has 0 radical (unpaired) electrons. The topological polar surface area (TPSA) is 217 Å². The lowest BCUT2D eigenvalue weighted by Crippen LogP contribution is -2.73. The van der Waals surface area contributed by atoms with Crippen LogP contribution in [-0.2, 0) is 61.7 Å². The molecule has 3 heterocycles. The summed E-state index contributed by atoms with van der Waals surface area (Å²) in [6.45, 7) is 12.7. The number of methoxy groups -OCH3 is 3. The molecule has 0 amide bonds. The number of rotatable bonds is 14. The predicted molar refractivity (Wildman–Crippen MR) is 251 cm³/mol. The lowest BCUT2D eigenvalue weighted by Gasteiger charge is -2.67. The summed E-state index contributed by atoms with van der Waals surface area (Å²) in [5, 5.41) is 45.8. The number of hydrogen-bond donors (Lipinski definition) is 4. The fourth-order valence-corrected chi connectivity index (χ4v) is 14.5. The van der Waals surface area contributed by atoms with Crippen LogP contribution in [0.2, 0.25) is 0 Å². The van der Waals surface area contributed by atoms with Crippen LogP contribution in [-0.4, -0.2) is 164 Å². The van der Waals surface area contributed by atoms with Crippen molar-refractivity contribution in [2.45, 2.75) is 216 Å². The van der Waals surface area contributed by atoms with Crippen LogP contribution in [0.1, 0.15) is 112 Å². The second-order valence-corrected chi connectivity index (χ2v) is 21.9. The van der Waals surface area contributed by atoms with E-state index in [-0.39, 0.29) is 23.9 Å². The Morgan fingerprint density at radius 1 is 0.743 bits per heavy atom. The monoisotopic (exact) mass is 989 g/mol. The number of carbonyl (C=O) groups excluding carboxylic acids is 2. The number of fused-ring (bicyclic) bond motifs is 5. The third-order valence-electron chi connectivity index (χ3n) is 18.1. The van der Waals surface area contributed by atoms with Gasteiger partial charge >= 0.3 is 11.9 Å². The molecule has 70 heavy (non-hydrogen) atoms. The molecule has 24 atom stereocenters. The Bertz CT molecular complexity index is 1950. The maximum Gasteiger partial charge on any atom is 0.331 e. The van der Waals surface area contributed by atoms with Gasteiger partial charge in [0.2, 0.25) is 0 Å². The molecule has 0 bridgehead atoms. The second-order valence-electron chi connectivity index (χ2n) is 21.9. The largest absolute Gasteiger partial charge is 0.458 e. The molecule has 4 N–H and O–H groups in total. The van der Waals surface area contributed by atoms with Crippen molar-refractivity contribution in [2.75, 3.05) is 21.3 Å². The van der Waals surface area contributed by atoms with E-state index in [4.69, 9.17) is 52.1 Å². The van der Waals surface area contributed by atoms with Gasteiger partial charge in [-0.2, -0.15) is 0 Å². The van der Waals surface area contributed by atoms with E-state index in [2.05, 4.69) is 6.92 Å². The van der Waals surface area contributed by atoms with Crippen LogP contribution in [0.4, 0.5) is 0 Å². The lowest BCUT2D eigenvalue weighted by atomic mass is 9.41. The van der Waals surface area contributed by atoms with Gasteiger partial charge < -0.3 is 72.5 Å². The summed E-state index contributed by atoms with van der Waals surface area (Å²) in [5.74, 6) is -1.97. The summed E-state index contributed by atoms with van der Waals surface area (Å²) >= 11 is 0. The minimum absolute atomic E-state index is 0.133. The van der Waals surface area contributed by atoms with Gasteiger partial charge in [-0.1, -0.05) is 44.2 Å². The molecule has 0 aromatic heterocycles. The molecule has 1 aromatic rings. The van der Waals surface area contributed by atoms with Crippen LogP contribution in [0.3, 0.4) is 0 Å². The number of aliphatic hydroxyl groups is 4. The van der Waals surface area contributed by atoms with Crippen molar-refractivity contribution < 1.29 is 82.1 Å². The maximum atomic E-state index is 13.8. The fourth-order valence-electron chi connectivity index (χ4n) is 14.5. The van der Waals surface area contributed by atoms with Crippen molar-refractivity contribution in [1.82, 2.24) is 0 Å². The van der Waals surface area contributed by atoms with E-state index in [1.807, 2.05) is 51.1 Å². The minimum atomic E-state index is -1.29. The molecular formula is C53H80O17. The average molecular weight is 989 g/mol. The third kappa shape index (κ3) is 10.0. The first-order chi connectivity index (χ1) is 33.3. The second kappa shape index (κ2) is 21.7. The predicted octanol–water partition coefficient (Wildman–Crippen LogP) is 4.85. The molecule has 5 unspecified atom stereocenters. The molecule has 3 aliphatic heterocycles. The highest BCUT2D eigenvalue weighted by Crippen LogP contribution is 2.70. The highest BCUT2D eigenvalue weighted by Gasteiger charge is 2.75. The van der Waals surface area contributed by atoms with Gasteiger partial charge in [-0.25, -0.2) is 4.79 Å². The van der Waals surface area contributed by atoms with Gasteiger partial charge in [0.05, 0.1) is 48.3 Å². The van der Waals surface area contributed by atoms with Gasteiger partial charge in [0.25, 0.3) is 0 Å². The van der Waals surface area contributed by atoms with Gasteiger partial charge in [0.15, 0.2) is 18.9 Å². The Morgan fingerprint density at radius 3 is 2.00 bits per heavy atom. The van der Waals surface area contributed by atoms with Crippen molar-refractivity contribution in [3.05, 3.63) is 42.0 Å². The van der Waals surface area contributed by atoms with Gasteiger partial charge in [-0.15, -0.1) is 0 Å². The summed E-state index contributed by atoms with van der Waals surface area (Å²) in [6.07, 6.45) is -3.53. The number of aliphatic hydroxyl groups excluding tert-OH is 3. The fraction of sp³-hybridized carbons (Fsp3) is 0.811. The lowest BCUT2D eigenvalue weighted by molar-refractivity contribution is -0.352. The smallest absolute Gasteiger partial charge is 0.331 e. The van der Waals surface area contributed by atoms with Gasteiger partial charge in [-0.3, -0.25) is 4.79 Å². The number of hydrogen-bond acceptors (Lipinski definition) is 17.